The predicted molar refractivity (Wildman–Crippen MR) is 62.6 cm³/mol. The van der Waals surface area contributed by atoms with Crippen LogP contribution >= 0.6 is 0 Å². The highest BCUT2D eigenvalue weighted by Crippen LogP contribution is 2.52. The lowest BCUT2D eigenvalue weighted by Gasteiger charge is -2.27. The fourth-order valence-electron chi connectivity index (χ4n) is 2.61. The maximum Gasteiger partial charge on any atom is 0.331 e. The summed E-state index contributed by atoms with van der Waals surface area (Å²) in [6, 6.07) is 0. The summed E-state index contributed by atoms with van der Waals surface area (Å²) in [4.78, 5) is 13.1. The third-order valence-electron chi connectivity index (χ3n) is 3.92. The molecule has 0 aromatic rings. The van der Waals surface area contributed by atoms with Crippen molar-refractivity contribution in [3.63, 3.8) is 0 Å². The average molecular weight is 219 g/mol. The quantitative estimate of drug-likeness (QED) is 0.736. The molecule has 86 valence electrons. The van der Waals surface area contributed by atoms with Gasteiger partial charge in [-0.15, -0.1) is 0 Å². The number of aliphatic carboxylic acids is 1. The van der Waals surface area contributed by atoms with Crippen molar-refractivity contribution < 1.29 is 9.90 Å². The average Bonchev–Trinajstić information content (AvgIpc) is 2.40. The molecule has 0 amide bonds. The lowest BCUT2D eigenvalue weighted by molar-refractivity contribution is -0.133. The summed E-state index contributed by atoms with van der Waals surface area (Å²) < 4.78 is 0. The van der Waals surface area contributed by atoms with Crippen LogP contribution in [-0.4, -0.2) is 23.0 Å². The van der Waals surface area contributed by atoms with Crippen molar-refractivity contribution in [2.24, 2.45) is 11.3 Å². The van der Waals surface area contributed by atoms with Crippen LogP contribution in [0.5, 0.6) is 0 Å². The summed E-state index contributed by atoms with van der Waals surface area (Å²) in [6.45, 7) is 8.35. The van der Waals surface area contributed by atoms with E-state index in [1.165, 1.54) is 5.70 Å². The van der Waals surface area contributed by atoms with Crippen LogP contribution in [0.25, 0.3) is 0 Å². The maximum absolute atomic E-state index is 11.0. The zero-order valence-electron chi connectivity index (χ0n) is 9.95. The number of hydrogen-bond acceptors (Lipinski definition) is 2. The SMILES string of the molecule is C=C1N(C)C2=CC=C(C(=O)O)CC2C1(C)C. The molecule has 0 radical (unpaired) electrons. The first-order valence-electron chi connectivity index (χ1n) is 5.43. The molecule has 1 saturated heterocycles. The van der Waals surface area contributed by atoms with Crippen LogP contribution in [0.1, 0.15) is 20.3 Å². The highest BCUT2D eigenvalue weighted by atomic mass is 16.4. The van der Waals surface area contributed by atoms with E-state index in [1.807, 2.05) is 13.1 Å². The van der Waals surface area contributed by atoms with Crippen molar-refractivity contribution in [1.29, 1.82) is 0 Å². The smallest absolute Gasteiger partial charge is 0.331 e. The zero-order chi connectivity index (χ0) is 12.1. The highest BCUT2D eigenvalue weighted by Gasteiger charge is 2.46. The summed E-state index contributed by atoms with van der Waals surface area (Å²) in [5, 5.41) is 9.03. The summed E-state index contributed by atoms with van der Waals surface area (Å²) in [6.07, 6.45) is 4.22. The Kier molecular flexibility index (Phi) is 2.22. The number of nitrogens with zero attached hydrogens (tertiary/aromatic N) is 1. The molecule has 16 heavy (non-hydrogen) atoms. The van der Waals surface area contributed by atoms with Gasteiger partial charge in [0.1, 0.15) is 0 Å². The summed E-state index contributed by atoms with van der Waals surface area (Å²) in [7, 11) is 2.00. The number of rotatable bonds is 1. The number of allylic oxidation sites excluding steroid dienone is 4. The number of likely N-dealkylation sites (tertiary alicyclic amines) is 1. The van der Waals surface area contributed by atoms with Crippen LogP contribution in [0.4, 0.5) is 0 Å². The zero-order valence-corrected chi connectivity index (χ0v) is 9.95. The molecule has 0 aromatic heterocycles. The summed E-state index contributed by atoms with van der Waals surface area (Å²) in [5.74, 6) is -0.577. The fourth-order valence-corrected chi connectivity index (χ4v) is 2.61. The van der Waals surface area contributed by atoms with Gasteiger partial charge in [0.2, 0.25) is 0 Å². The predicted octanol–water partition coefficient (Wildman–Crippen LogP) is 2.39. The van der Waals surface area contributed by atoms with Crippen LogP contribution in [0.2, 0.25) is 0 Å². The maximum atomic E-state index is 11.0. The van der Waals surface area contributed by atoms with E-state index in [4.69, 9.17) is 5.11 Å². The van der Waals surface area contributed by atoms with Crippen LogP contribution in [0.15, 0.2) is 35.7 Å². The molecule has 1 fully saturated rings. The van der Waals surface area contributed by atoms with Crippen LogP contribution in [0.3, 0.4) is 0 Å². The number of carboxylic acid groups (broad SMARTS) is 1. The first-order valence-corrected chi connectivity index (χ1v) is 5.43. The molecule has 2 aliphatic rings. The molecule has 1 aliphatic carbocycles. The van der Waals surface area contributed by atoms with Crippen molar-refractivity contribution in [2.75, 3.05) is 7.05 Å². The molecule has 1 heterocycles. The van der Waals surface area contributed by atoms with Crippen molar-refractivity contribution in [2.45, 2.75) is 20.3 Å². The molecule has 1 atom stereocenters. The van der Waals surface area contributed by atoms with E-state index in [0.717, 1.165) is 5.70 Å². The minimum absolute atomic E-state index is 0.0600. The Morgan fingerprint density at radius 3 is 2.75 bits per heavy atom. The van der Waals surface area contributed by atoms with Gasteiger partial charge in [-0.3, -0.25) is 0 Å². The molecule has 3 nitrogen and oxygen atoms in total. The second-order valence-electron chi connectivity index (χ2n) is 5.07. The monoisotopic (exact) mass is 219 g/mol. The van der Waals surface area contributed by atoms with Crippen LogP contribution in [-0.2, 0) is 4.79 Å². The van der Waals surface area contributed by atoms with Gasteiger partial charge < -0.3 is 10.0 Å². The van der Waals surface area contributed by atoms with Gasteiger partial charge in [0.15, 0.2) is 0 Å². The van der Waals surface area contributed by atoms with Crippen LogP contribution < -0.4 is 0 Å². The Morgan fingerprint density at radius 1 is 1.56 bits per heavy atom. The number of carboxylic acids is 1. The van der Waals surface area contributed by atoms with Crippen molar-refractivity contribution in [3.05, 3.63) is 35.7 Å². The third-order valence-corrected chi connectivity index (χ3v) is 3.92. The summed E-state index contributed by atoms with van der Waals surface area (Å²) in [5.41, 5.74) is 2.67. The van der Waals surface area contributed by atoms with Crippen molar-refractivity contribution in [1.82, 2.24) is 4.90 Å². The van der Waals surface area contributed by atoms with E-state index in [-0.39, 0.29) is 11.3 Å². The Hall–Kier alpha value is -1.51. The molecule has 1 N–H and O–H groups in total. The molecule has 0 aromatic carbocycles. The largest absolute Gasteiger partial charge is 0.478 e. The molecule has 0 spiro atoms. The second kappa shape index (κ2) is 3.24. The van der Waals surface area contributed by atoms with Crippen molar-refractivity contribution >= 4 is 5.97 Å². The molecule has 0 saturated carbocycles. The Labute approximate surface area is 95.8 Å². The van der Waals surface area contributed by atoms with E-state index in [0.29, 0.717) is 12.0 Å². The van der Waals surface area contributed by atoms with Gasteiger partial charge in [0.05, 0.1) is 0 Å². The molecular formula is C13H17NO2. The first-order chi connectivity index (χ1) is 7.35. The first kappa shape index (κ1) is 11.0. The van der Waals surface area contributed by atoms with E-state index in [9.17, 15) is 4.79 Å². The second-order valence-corrected chi connectivity index (χ2v) is 5.07. The molecule has 1 unspecified atom stereocenters. The van der Waals surface area contributed by atoms with Crippen molar-refractivity contribution in [3.8, 4) is 0 Å². The highest BCUT2D eigenvalue weighted by molar-refractivity contribution is 5.87. The van der Waals surface area contributed by atoms with E-state index in [2.05, 4.69) is 25.3 Å². The Bertz CT molecular complexity index is 429. The molecule has 1 aliphatic heterocycles. The van der Waals surface area contributed by atoms with Gasteiger partial charge in [-0.2, -0.15) is 0 Å². The summed E-state index contributed by atoms with van der Waals surface area (Å²) >= 11 is 0. The molecule has 2 rings (SSSR count). The van der Waals surface area contributed by atoms with Gasteiger partial charge in [0, 0.05) is 35.3 Å². The third kappa shape index (κ3) is 1.31. The van der Waals surface area contributed by atoms with Gasteiger partial charge in [-0.05, 0) is 12.5 Å². The minimum Gasteiger partial charge on any atom is -0.478 e. The molecule has 3 heteroatoms. The van der Waals surface area contributed by atoms with Gasteiger partial charge >= 0.3 is 5.97 Å². The molecular weight excluding hydrogens is 202 g/mol. The lowest BCUT2D eigenvalue weighted by Crippen LogP contribution is -2.23. The Morgan fingerprint density at radius 2 is 2.19 bits per heavy atom. The lowest BCUT2D eigenvalue weighted by atomic mass is 9.74. The normalized spacial score (nSPS) is 27.3. The van der Waals surface area contributed by atoms with E-state index < -0.39 is 5.97 Å². The van der Waals surface area contributed by atoms with Gasteiger partial charge in [-0.1, -0.05) is 26.5 Å². The van der Waals surface area contributed by atoms with Gasteiger partial charge in [0.25, 0.3) is 0 Å². The van der Waals surface area contributed by atoms with E-state index in [1.54, 1.807) is 6.08 Å². The van der Waals surface area contributed by atoms with Gasteiger partial charge in [-0.25, -0.2) is 4.79 Å². The van der Waals surface area contributed by atoms with E-state index >= 15 is 0 Å². The Balaban J connectivity index is 2.42. The number of carbonyl (C=O) groups is 1. The van der Waals surface area contributed by atoms with Crippen LogP contribution in [0, 0.1) is 11.3 Å². The number of fused-ring (bicyclic) bond motifs is 1. The fraction of sp³-hybridized carbons (Fsp3) is 0.462. The minimum atomic E-state index is -0.814. The number of hydrogen-bond donors (Lipinski definition) is 1. The topological polar surface area (TPSA) is 40.5 Å². The molecule has 0 bridgehead atoms. The standard InChI is InChI=1S/C13H17NO2/c1-8-13(2,3)10-7-9(12(15)16)5-6-11(10)14(8)4/h5-6,10H,1,7H2,2-4H3,(H,15,16).